The zero-order valence-electron chi connectivity index (χ0n) is 17.0. The van der Waals surface area contributed by atoms with Crippen molar-refractivity contribution in [2.45, 2.75) is 52.2 Å². The molecule has 0 spiro atoms. The molecule has 0 amide bonds. The highest BCUT2D eigenvalue weighted by molar-refractivity contribution is 7.85. The normalized spacial score (nSPS) is 13.8. The van der Waals surface area contributed by atoms with Gasteiger partial charge in [0.1, 0.15) is 11.0 Å². The van der Waals surface area contributed by atoms with Crippen LogP contribution in [0.25, 0.3) is 0 Å². The van der Waals surface area contributed by atoms with E-state index >= 15 is 0 Å². The molecule has 1 heterocycles. The molecule has 148 valence electrons. The second-order valence-electron chi connectivity index (χ2n) is 7.32. The Labute approximate surface area is 160 Å². The second-order valence-corrected chi connectivity index (χ2v) is 9.23. The van der Waals surface area contributed by atoms with E-state index in [2.05, 4.69) is 23.2 Å². The molecule has 0 radical (unpaired) electrons. The molecule has 1 aromatic rings. The molecular weight excluding hydrogens is 352 g/mol. The molecule has 0 saturated carbocycles. The first-order valence-corrected chi connectivity index (χ1v) is 9.93. The molecule has 1 atom stereocenters. The second kappa shape index (κ2) is 10.6. The highest BCUT2D eigenvalue weighted by atomic mass is 32.2. The van der Waals surface area contributed by atoms with Gasteiger partial charge in [-0.3, -0.25) is 0 Å². The number of aromatic nitrogens is 1. The van der Waals surface area contributed by atoms with Crippen LogP contribution in [0.4, 0.5) is 0 Å². The summed E-state index contributed by atoms with van der Waals surface area (Å²) in [5, 5.41) is 0. The third-order valence-corrected chi connectivity index (χ3v) is 5.04. The maximum Gasteiger partial charge on any atom is 0.256 e. The Morgan fingerprint density at radius 1 is 1.27 bits per heavy atom. The molecule has 0 aromatic carbocycles. The molecule has 7 heteroatoms. The first-order chi connectivity index (χ1) is 12.2. The summed E-state index contributed by atoms with van der Waals surface area (Å²) in [7, 11) is 1.95. The van der Waals surface area contributed by atoms with E-state index in [9.17, 15) is 4.21 Å². The molecule has 1 unspecified atom stereocenters. The van der Waals surface area contributed by atoms with Crippen LogP contribution in [0.5, 0.6) is 11.6 Å². The molecule has 26 heavy (non-hydrogen) atoms. The lowest BCUT2D eigenvalue weighted by atomic mass is 10.0. The number of hydrogen-bond donors (Lipinski definition) is 0. The van der Waals surface area contributed by atoms with E-state index in [1.807, 2.05) is 26.8 Å². The summed E-state index contributed by atoms with van der Waals surface area (Å²) in [6.45, 7) is 11.0. The third kappa shape index (κ3) is 7.41. The van der Waals surface area contributed by atoms with Gasteiger partial charge >= 0.3 is 0 Å². The summed E-state index contributed by atoms with van der Waals surface area (Å²) in [4.78, 5) is 4.33. The highest BCUT2D eigenvalue weighted by Crippen LogP contribution is 2.26. The van der Waals surface area contributed by atoms with Crippen LogP contribution in [0.2, 0.25) is 0 Å². The van der Waals surface area contributed by atoms with Gasteiger partial charge in [0.15, 0.2) is 5.75 Å². The van der Waals surface area contributed by atoms with E-state index in [4.69, 9.17) is 14.2 Å². The molecule has 0 aliphatic heterocycles. The van der Waals surface area contributed by atoms with Gasteiger partial charge in [0.2, 0.25) is 0 Å². The molecule has 0 N–H and O–H groups in total. The van der Waals surface area contributed by atoms with Crippen LogP contribution in [-0.4, -0.2) is 47.1 Å². The number of pyridine rings is 1. The van der Waals surface area contributed by atoms with Gasteiger partial charge in [-0.25, -0.2) is 9.19 Å². The lowest BCUT2D eigenvalue weighted by molar-refractivity contribution is 0.170. The van der Waals surface area contributed by atoms with Crippen molar-refractivity contribution in [1.82, 2.24) is 4.98 Å². The zero-order valence-corrected chi connectivity index (χ0v) is 17.8. The molecular formula is C19H32N2O4S. The fourth-order valence-electron chi connectivity index (χ4n) is 2.01. The molecule has 0 fully saturated rings. The molecule has 0 aliphatic rings. The van der Waals surface area contributed by atoms with Crippen molar-refractivity contribution in [2.24, 2.45) is 10.3 Å². The van der Waals surface area contributed by atoms with Crippen LogP contribution in [-0.2, 0) is 22.1 Å². The molecule has 6 nitrogen and oxygen atoms in total. The van der Waals surface area contributed by atoms with E-state index < -0.39 is 11.0 Å². The van der Waals surface area contributed by atoms with Gasteiger partial charge in [-0.2, -0.15) is 4.40 Å². The lowest BCUT2D eigenvalue weighted by Gasteiger charge is -2.17. The van der Waals surface area contributed by atoms with Crippen molar-refractivity contribution >= 4 is 16.7 Å². The standard InChI is InChI=1S/C19H32N2O4S/c1-14(2)16(21-26(22)19(3,4)5)11-15-12-17(18(24-7)20-13-15)25-10-8-9-23-6/h12-14H,8-11H2,1-7H3. The van der Waals surface area contributed by atoms with E-state index in [1.54, 1.807) is 20.4 Å². The number of hydrogen-bond acceptors (Lipinski definition) is 5. The Hall–Kier alpha value is -1.47. The van der Waals surface area contributed by atoms with Gasteiger partial charge in [0.25, 0.3) is 5.88 Å². The Kier molecular flexibility index (Phi) is 9.22. The molecule has 0 saturated heterocycles. The average Bonchev–Trinajstić information content (AvgIpc) is 2.57. The van der Waals surface area contributed by atoms with Crippen LogP contribution < -0.4 is 9.47 Å². The van der Waals surface area contributed by atoms with Gasteiger partial charge in [0.05, 0.1) is 18.5 Å². The number of rotatable bonds is 10. The lowest BCUT2D eigenvalue weighted by Crippen LogP contribution is -2.23. The summed E-state index contributed by atoms with van der Waals surface area (Å²) < 4.78 is 32.6. The van der Waals surface area contributed by atoms with Crippen molar-refractivity contribution in [3.8, 4) is 11.6 Å². The monoisotopic (exact) mass is 384 g/mol. The van der Waals surface area contributed by atoms with Gasteiger partial charge in [-0.1, -0.05) is 13.8 Å². The Morgan fingerprint density at radius 2 is 1.96 bits per heavy atom. The van der Waals surface area contributed by atoms with Gasteiger partial charge in [-0.05, 0) is 38.3 Å². The van der Waals surface area contributed by atoms with Crippen molar-refractivity contribution in [1.29, 1.82) is 0 Å². The van der Waals surface area contributed by atoms with Gasteiger partial charge in [0, 0.05) is 38.5 Å². The number of nitrogens with zero attached hydrogens (tertiary/aromatic N) is 2. The highest BCUT2D eigenvalue weighted by Gasteiger charge is 2.21. The van der Waals surface area contributed by atoms with Gasteiger partial charge in [-0.15, -0.1) is 0 Å². The van der Waals surface area contributed by atoms with E-state index in [1.165, 1.54) is 0 Å². The predicted molar refractivity (Wildman–Crippen MR) is 107 cm³/mol. The van der Waals surface area contributed by atoms with Crippen molar-refractivity contribution in [2.75, 3.05) is 27.4 Å². The molecule has 1 rings (SSSR count). The Bertz CT molecular complexity index is 624. The first kappa shape index (κ1) is 22.6. The Morgan fingerprint density at radius 3 is 2.50 bits per heavy atom. The van der Waals surface area contributed by atoms with E-state index in [-0.39, 0.29) is 10.7 Å². The predicted octanol–water partition coefficient (Wildman–Crippen LogP) is 3.61. The maximum absolute atomic E-state index is 12.4. The van der Waals surface area contributed by atoms with Crippen molar-refractivity contribution in [3.63, 3.8) is 0 Å². The van der Waals surface area contributed by atoms with Crippen LogP contribution in [0, 0.1) is 5.92 Å². The topological polar surface area (TPSA) is 70.0 Å². The maximum atomic E-state index is 12.4. The summed E-state index contributed by atoms with van der Waals surface area (Å²) in [6.07, 6.45) is 3.11. The van der Waals surface area contributed by atoms with Crippen LogP contribution in [0.1, 0.15) is 46.6 Å². The molecule has 1 aromatic heterocycles. The van der Waals surface area contributed by atoms with E-state index in [0.29, 0.717) is 31.3 Å². The van der Waals surface area contributed by atoms with Crippen molar-refractivity contribution in [3.05, 3.63) is 17.8 Å². The number of ether oxygens (including phenoxy) is 3. The Balaban J connectivity index is 2.98. The van der Waals surface area contributed by atoms with Crippen molar-refractivity contribution < 1.29 is 18.4 Å². The molecule has 0 aliphatic carbocycles. The minimum Gasteiger partial charge on any atom is -0.488 e. The SMILES string of the molecule is COCCCOc1cc(CC(=NS(=O)C(C)(C)C)C(C)C)cnc1OC. The fourth-order valence-corrected chi connectivity index (χ4v) is 2.77. The summed E-state index contributed by atoms with van der Waals surface area (Å²) in [5.74, 6) is 1.24. The van der Waals surface area contributed by atoms with Crippen LogP contribution in [0.3, 0.4) is 0 Å². The first-order valence-electron chi connectivity index (χ1n) is 8.83. The van der Waals surface area contributed by atoms with E-state index in [0.717, 1.165) is 17.7 Å². The quantitative estimate of drug-likeness (QED) is 0.455. The largest absolute Gasteiger partial charge is 0.488 e. The van der Waals surface area contributed by atoms with Crippen LogP contribution in [0.15, 0.2) is 16.7 Å². The third-order valence-electron chi connectivity index (χ3n) is 3.59. The minimum absolute atomic E-state index is 0.189. The summed E-state index contributed by atoms with van der Waals surface area (Å²) in [6, 6.07) is 1.91. The average molecular weight is 385 g/mol. The smallest absolute Gasteiger partial charge is 0.256 e. The summed E-state index contributed by atoms with van der Waals surface area (Å²) in [5.41, 5.74) is 1.83. The summed E-state index contributed by atoms with van der Waals surface area (Å²) >= 11 is 0. The number of methoxy groups -OCH3 is 2. The minimum atomic E-state index is -1.28. The van der Waals surface area contributed by atoms with Gasteiger partial charge < -0.3 is 14.2 Å². The fraction of sp³-hybridized carbons (Fsp3) is 0.684. The molecule has 0 bridgehead atoms. The zero-order chi connectivity index (χ0) is 19.7. The van der Waals surface area contributed by atoms with Crippen LogP contribution >= 0.6 is 0 Å².